The van der Waals surface area contributed by atoms with Crippen molar-refractivity contribution in [3.05, 3.63) is 76.0 Å². The van der Waals surface area contributed by atoms with Gasteiger partial charge in [0.1, 0.15) is 10.8 Å². The zero-order chi connectivity index (χ0) is 21.8. The van der Waals surface area contributed by atoms with Crippen molar-refractivity contribution in [1.29, 1.82) is 0 Å². The number of aromatic nitrogens is 4. The molecule has 0 saturated heterocycles. The number of rotatable bonds is 7. The summed E-state index contributed by atoms with van der Waals surface area (Å²) in [4.78, 5) is 16.2. The van der Waals surface area contributed by atoms with Gasteiger partial charge in [-0.2, -0.15) is 0 Å². The summed E-state index contributed by atoms with van der Waals surface area (Å²) in [7, 11) is 0. The predicted molar refractivity (Wildman–Crippen MR) is 119 cm³/mol. The summed E-state index contributed by atoms with van der Waals surface area (Å²) >= 11 is 2.87. The number of nitrogens with zero attached hydrogens (tertiary/aromatic N) is 4. The number of ether oxygens (including phenoxy) is 1. The van der Waals surface area contributed by atoms with Crippen LogP contribution < -0.4 is 0 Å². The number of aryl methyl sites for hydroxylation is 1. The lowest BCUT2D eigenvalue weighted by Crippen LogP contribution is -2.05. The monoisotopic (exact) mass is 454 g/mol. The van der Waals surface area contributed by atoms with Crippen molar-refractivity contribution in [1.82, 2.24) is 19.7 Å². The van der Waals surface area contributed by atoms with Gasteiger partial charge in [0.15, 0.2) is 16.7 Å². The first-order chi connectivity index (χ1) is 15.1. The van der Waals surface area contributed by atoms with Crippen molar-refractivity contribution in [3.8, 4) is 17.1 Å². The lowest BCUT2D eigenvalue weighted by atomic mass is 10.1. The lowest BCUT2D eigenvalue weighted by molar-refractivity contribution is 0.0520. The van der Waals surface area contributed by atoms with E-state index < -0.39 is 5.97 Å². The predicted octanol–water partition coefficient (Wildman–Crippen LogP) is 5.31. The average Bonchev–Trinajstić information content (AvgIpc) is 3.41. The summed E-state index contributed by atoms with van der Waals surface area (Å²) in [5.74, 6) is 0.429. The highest BCUT2D eigenvalue weighted by Crippen LogP contribution is 2.31. The Balaban J connectivity index is 1.66. The molecule has 2 aromatic heterocycles. The van der Waals surface area contributed by atoms with Gasteiger partial charge in [0.25, 0.3) is 0 Å². The van der Waals surface area contributed by atoms with Gasteiger partial charge in [-0.3, -0.25) is 4.57 Å². The fraction of sp³-hybridized carbons (Fsp3) is 0.182. The molecule has 0 spiro atoms. The summed E-state index contributed by atoms with van der Waals surface area (Å²) in [5, 5.41) is 11.9. The van der Waals surface area contributed by atoms with Gasteiger partial charge in [-0.25, -0.2) is 14.2 Å². The second-order valence-electron chi connectivity index (χ2n) is 6.57. The molecule has 31 heavy (non-hydrogen) atoms. The second kappa shape index (κ2) is 9.40. The molecule has 9 heteroatoms. The summed E-state index contributed by atoms with van der Waals surface area (Å²) < 4.78 is 20.4. The van der Waals surface area contributed by atoms with E-state index in [4.69, 9.17) is 4.74 Å². The third-order valence-electron chi connectivity index (χ3n) is 4.45. The molecular formula is C22H19FN4O2S2. The molecule has 0 aliphatic heterocycles. The topological polar surface area (TPSA) is 69.9 Å². The van der Waals surface area contributed by atoms with Gasteiger partial charge in [-0.05, 0) is 49.7 Å². The summed E-state index contributed by atoms with van der Waals surface area (Å²) in [6.45, 7) is 4.09. The number of esters is 1. The molecule has 0 amide bonds. The molecule has 0 unspecified atom stereocenters. The number of carbonyl (C=O) groups excluding carboxylic acids is 1. The average molecular weight is 455 g/mol. The Labute approximate surface area is 187 Å². The quantitative estimate of drug-likeness (QED) is 0.279. The van der Waals surface area contributed by atoms with E-state index in [0.29, 0.717) is 29.0 Å². The van der Waals surface area contributed by atoms with E-state index in [1.165, 1.54) is 35.2 Å². The largest absolute Gasteiger partial charge is 0.461 e. The van der Waals surface area contributed by atoms with Crippen LogP contribution in [-0.4, -0.2) is 32.3 Å². The van der Waals surface area contributed by atoms with Gasteiger partial charge in [0, 0.05) is 10.9 Å². The van der Waals surface area contributed by atoms with Crippen LogP contribution in [0.4, 0.5) is 4.39 Å². The Morgan fingerprint density at radius 2 is 1.94 bits per heavy atom. The molecule has 0 aliphatic rings. The molecule has 4 aromatic rings. The summed E-state index contributed by atoms with van der Waals surface area (Å²) in [6.07, 6.45) is 0. The third kappa shape index (κ3) is 4.67. The van der Waals surface area contributed by atoms with Crippen LogP contribution in [0.25, 0.3) is 17.1 Å². The minimum atomic E-state index is -0.420. The maximum absolute atomic E-state index is 13.4. The number of carbonyl (C=O) groups is 1. The van der Waals surface area contributed by atoms with Crippen molar-refractivity contribution in [2.45, 2.75) is 24.8 Å². The maximum Gasteiger partial charge on any atom is 0.357 e. The Morgan fingerprint density at radius 1 is 1.16 bits per heavy atom. The first-order valence-electron chi connectivity index (χ1n) is 9.58. The Bertz CT molecular complexity index is 1200. The zero-order valence-corrected chi connectivity index (χ0v) is 18.5. The van der Waals surface area contributed by atoms with Crippen molar-refractivity contribution in [2.75, 3.05) is 6.61 Å². The van der Waals surface area contributed by atoms with Crippen molar-refractivity contribution in [2.24, 2.45) is 0 Å². The number of thioether (sulfide) groups is 1. The lowest BCUT2D eigenvalue weighted by Gasteiger charge is -2.12. The van der Waals surface area contributed by atoms with Gasteiger partial charge in [-0.1, -0.05) is 30.0 Å². The van der Waals surface area contributed by atoms with Crippen LogP contribution in [-0.2, 0) is 10.5 Å². The maximum atomic E-state index is 13.4. The van der Waals surface area contributed by atoms with Gasteiger partial charge in [0.2, 0.25) is 0 Å². The number of hydrogen-bond acceptors (Lipinski definition) is 7. The molecule has 2 aromatic carbocycles. The zero-order valence-electron chi connectivity index (χ0n) is 16.9. The van der Waals surface area contributed by atoms with Gasteiger partial charge >= 0.3 is 5.97 Å². The molecule has 0 bridgehead atoms. The molecule has 0 saturated carbocycles. The fourth-order valence-corrected chi connectivity index (χ4v) is 4.71. The van der Waals surface area contributed by atoms with E-state index in [9.17, 15) is 9.18 Å². The van der Waals surface area contributed by atoms with E-state index in [-0.39, 0.29) is 5.82 Å². The highest BCUT2D eigenvalue weighted by atomic mass is 32.2. The standard InChI is InChI=1S/C22H19FN4O2S2/c1-3-29-21(28)17-12-30-19(24-17)13-31-22-26-25-20(15-8-10-16(23)11-9-15)27(22)18-7-5-4-6-14(18)2/h4-12H,3,13H2,1-2H3. The van der Waals surface area contributed by atoms with Crippen LogP contribution in [0.15, 0.2) is 59.1 Å². The molecule has 0 aliphatic carbocycles. The van der Waals surface area contributed by atoms with Crippen molar-refractivity contribution < 1.29 is 13.9 Å². The number of para-hydroxylation sites is 1. The van der Waals surface area contributed by atoms with E-state index in [1.54, 1.807) is 24.4 Å². The third-order valence-corrected chi connectivity index (χ3v) is 6.42. The summed E-state index contributed by atoms with van der Waals surface area (Å²) in [5.41, 5.74) is 3.09. The molecule has 158 valence electrons. The molecule has 6 nitrogen and oxygen atoms in total. The first-order valence-corrected chi connectivity index (χ1v) is 11.4. The van der Waals surface area contributed by atoms with Gasteiger partial charge in [-0.15, -0.1) is 21.5 Å². The van der Waals surface area contributed by atoms with Crippen molar-refractivity contribution >= 4 is 29.1 Å². The van der Waals surface area contributed by atoms with E-state index in [1.807, 2.05) is 35.8 Å². The molecule has 0 atom stereocenters. The normalized spacial score (nSPS) is 10.9. The second-order valence-corrected chi connectivity index (χ2v) is 8.46. The molecule has 2 heterocycles. The fourth-order valence-electron chi connectivity index (χ4n) is 2.98. The molecule has 0 radical (unpaired) electrons. The highest BCUT2D eigenvalue weighted by molar-refractivity contribution is 7.98. The Kier molecular flexibility index (Phi) is 6.43. The molecule has 4 rings (SSSR count). The minimum absolute atomic E-state index is 0.304. The van der Waals surface area contributed by atoms with Crippen LogP contribution in [0, 0.1) is 12.7 Å². The number of hydrogen-bond donors (Lipinski definition) is 0. The number of thiazole rings is 1. The van der Waals surface area contributed by atoms with Gasteiger partial charge < -0.3 is 4.74 Å². The van der Waals surface area contributed by atoms with E-state index in [2.05, 4.69) is 15.2 Å². The van der Waals surface area contributed by atoms with Crippen LogP contribution in [0.3, 0.4) is 0 Å². The first kappa shape index (κ1) is 21.2. The van der Waals surface area contributed by atoms with E-state index in [0.717, 1.165) is 21.8 Å². The van der Waals surface area contributed by atoms with Crippen LogP contribution >= 0.6 is 23.1 Å². The number of halogens is 1. The smallest absolute Gasteiger partial charge is 0.357 e. The molecule has 0 fully saturated rings. The Hall–Kier alpha value is -3.04. The van der Waals surface area contributed by atoms with Crippen LogP contribution in [0.2, 0.25) is 0 Å². The highest BCUT2D eigenvalue weighted by Gasteiger charge is 2.19. The SMILES string of the molecule is CCOC(=O)c1csc(CSc2nnc(-c3ccc(F)cc3)n2-c2ccccc2C)n1. The van der Waals surface area contributed by atoms with E-state index >= 15 is 0 Å². The minimum Gasteiger partial charge on any atom is -0.461 e. The summed E-state index contributed by atoms with van der Waals surface area (Å²) in [6, 6.07) is 14.1. The Morgan fingerprint density at radius 3 is 2.68 bits per heavy atom. The van der Waals surface area contributed by atoms with Crippen molar-refractivity contribution in [3.63, 3.8) is 0 Å². The van der Waals surface area contributed by atoms with Gasteiger partial charge in [0.05, 0.1) is 18.0 Å². The molecule has 0 N–H and O–H groups in total. The van der Waals surface area contributed by atoms with Crippen LogP contribution in [0.5, 0.6) is 0 Å². The molecular weight excluding hydrogens is 435 g/mol. The number of benzene rings is 2. The van der Waals surface area contributed by atoms with Crippen LogP contribution in [0.1, 0.15) is 28.0 Å².